The molecule has 0 bridgehead atoms. The lowest BCUT2D eigenvalue weighted by Crippen LogP contribution is -2.53. The van der Waals surface area contributed by atoms with Gasteiger partial charge in [0.15, 0.2) is 0 Å². The molecule has 0 spiro atoms. The zero-order valence-corrected chi connectivity index (χ0v) is 30.6. The minimum Gasteiger partial charge on any atom is -0.394 e. The lowest BCUT2D eigenvalue weighted by molar-refractivity contribution is -0.132. The van der Waals surface area contributed by atoms with Gasteiger partial charge in [0.1, 0.15) is 12.2 Å². The van der Waals surface area contributed by atoms with Gasteiger partial charge in [-0.05, 0) is 38.5 Å². The van der Waals surface area contributed by atoms with Crippen molar-refractivity contribution >= 4 is 5.91 Å². The predicted molar refractivity (Wildman–Crippen MR) is 196 cm³/mol. The molecule has 0 aromatic heterocycles. The zero-order valence-electron chi connectivity index (χ0n) is 30.6. The number of hydrogen-bond donors (Lipinski definition) is 5. The Morgan fingerprint density at radius 2 is 0.891 bits per heavy atom. The summed E-state index contributed by atoms with van der Waals surface area (Å²) in [7, 11) is 0. The summed E-state index contributed by atoms with van der Waals surface area (Å²) < 4.78 is 0. The quantitative estimate of drug-likeness (QED) is 0.0342. The second kappa shape index (κ2) is 35.4. The highest BCUT2D eigenvalue weighted by Gasteiger charge is 2.28. The smallest absolute Gasteiger partial charge is 0.249 e. The van der Waals surface area contributed by atoms with Gasteiger partial charge in [0.05, 0.1) is 18.8 Å². The second-order valence-electron chi connectivity index (χ2n) is 14.0. The molecule has 0 aromatic carbocycles. The van der Waals surface area contributed by atoms with Gasteiger partial charge in [-0.25, -0.2) is 0 Å². The average Bonchev–Trinajstić information content (AvgIpc) is 3.06. The molecule has 6 heteroatoms. The number of unbranched alkanes of at least 4 members (excludes halogenated alkanes) is 25. The minimum absolute atomic E-state index is 0.368. The van der Waals surface area contributed by atoms with Crippen LogP contribution >= 0.6 is 0 Å². The monoisotopic (exact) mass is 654 g/mol. The molecule has 0 aliphatic rings. The summed E-state index contributed by atoms with van der Waals surface area (Å²) >= 11 is 0. The first-order chi connectivity index (χ1) is 22.5. The number of carbonyl (C=O) groups excluding carboxylic acids is 1. The van der Waals surface area contributed by atoms with Crippen LogP contribution in [0.3, 0.4) is 0 Å². The number of carbonyl (C=O) groups is 1. The maximum absolute atomic E-state index is 12.4. The fourth-order valence-electron chi connectivity index (χ4n) is 6.23. The third-order valence-electron chi connectivity index (χ3n) is 9.48. The SMILES string of the molecule is CCCCCC/C=C/CCCC(O)C(O)C(CO)NC(=O)C(O)CCCCCCCCCCCCCCCCCCCCCCC. The van der Waals surface area contributed by atoms with E-state index in [1.165, 1.54) is 141 Å². The summed E-state index contributed by atoms with van der Waals surface area (Å²) in [6, 6.07) is -0.994. The van der Waals surface area contributed by atoms with Crippen LogP contribution in [0.5, 0.6) is 0 Å². The molecule has 0 heterocycles. The van der Waals surface area contributed by atoms with Crippen molar-refractivity contribution in [1.82, 2.24) is 5.32 Å². The number of aliphatic hydroxyl groups excluding tert-OH is 4. The molecule has 4 unspecified atom stereocenters. The molecule has 274 valence electrons. The highest BCUT2D eigenvalue weighted by Crippen LogP contribution is 2.16. The lowest BCUT2D eigenvalue weighted by Gasteiger charge is -2.27. The summed E-state index contributed by atoms with van der Waals surface area (Å²) in [6.07, 6.45) is 36.8. The summed E-state index contributed by atoms with van der Waals surface area (Å²) in [5.41, 5.74) is 0. The topological polar surface area (TPSA) is 110 Å². The highest BCUT2D eigenvalue weighted by molar-refractivity contribution is 5.80. The van der Waals surface area contributed by atoms with Crippen LogP contribution in [0.4, 0.5) is 0 Å². The molecule has 5 N–H and O–H groups in total. The summed E-state index contributed by atoms with van der Waals surface area (Å²) in [4.78, 5) is 12.4. The normalized spacial score (nSPS) is 14.5. The van der Waals surface area contributed by atoms with E-state index < -0.39 is 36.9 Å². The molecule has 0 fully saturated rings. The van der Waals surface area contributed by atoms with Crippen LogP contribution in [-0.2, 0) is 4.79 Å². The van der Waals surface area contributed by atoms with Crippen LogP contribution in [-0.4, -0.2) is 57.3 Å². The maximum atomic E-state index is 12.4. The van der Waals surface area contributed by atoms with E-state index in [1.54, 1.807) is 0 Å². The molecule has 0 aliphatic heterocycles. The first-order valence-electron chi connectivity index (χ1n) is 20.1. The molecule has 0 aliphatic carbocycles. The van der Waals surface area contributed by atoms with Gasteiger partial charge in [-0.2, -0.15) is 0 Å². The molecule has 46 heavy (non-hydrogen) atoms. The van der Waals surface area contributed by atoms with Crippen molar-refractivity contribution in [3.05, 3.63) is 12.2 Å². The van der Waals surface area contributed by atoms with E-state index in [-0.39, 0.29) is 0 Å². The van der Waals surface area contributed by atoms with Crippen LogP contribution in [0.25, 0.3) is 0 Å². The largest absolute Gasteiger partial charge is 0.394 e. The Balaban J connectivity index is 3.69. The van der Waals surface area contributed by atoms with E-state index in [4.69, 9.17) is 0 Å². The first kappa shape index (κ1) is 45.0. The van der Waals surface area contributed by atoms with Gasteiger partial charge in [-0.3, -0.25) is 4.79 Å². The van der Waals surface area contributed by atoms with Gasteiger partial charge >= 0.3 is 0 Å². The van der Waals surface area contributed by atoms with Gasteiger partial charge in [0.2, 0.25) is 5.91 Å². The first-order valence-corrected chi connectivity index (χ1v) is 20.1. The van der Waals surface area contributed by atoms with E-state index in [1.807, 2.05) is 0 Å². The molecule has 0 saturated carbocycles. The van der Waals surface area contributed by atoms with Gasteiger partial charge in [0.25, 0.3) is 0 Å². The van der Waals surface area contributed by atoms with Crippen molar-refractivity contribution in [2.75, 3.05) is 6.61 Å². The van der Waals surface area contributed by atoms with Crippen molar-refractivity contribution in [1.29, 1.82) is 0 Å². The van der Waals surface area contributed by atoms with Crippen LogP contribution < -0.4 is 5.32 Å². The molecule has 0 rings (SSSR count). The van der Waals surface area contributed by atoms with Crippen LogP contribution in [0.15, 0.2) is 12.2 Å². The van der Waals surface area contributed by atoms with Crippen LogP contribution in [0, 0.1) is 0 Å². The van der Waals surface area contributed by atoms with Crippen LogP contribution in [0.2, 0.25) is 0 Å². The molecular formula is C40H79NO5. The zero-order chi connectivity index (χ0) is 33.9. The molecule has 0 radical (unpaired) electrons. The van der Waals surface area contributed by atoms with Gasteiger partial charge in [-0.15, -0.1) is 0 Å². The molecular weight excluding hydrogens is 574 g/mol. The molecule has 0 saturated heterocycles. The Hall–Kier alpha value is -0.950. The lowest BCUT2D eigenvalue weighted by atomic mass is 10.00. The minimum atomic E-state index is -1.27. The van der Waals surface area contributed by atoms with Gasteiger partial charge in [-0.1, -0.05) is 180 Å². The molecule has 1 amide bonds. The Morgan fingerprint density at radius 3 is 1.30 bits per heavy atom. The Morgan fingerprint density at radius 1 is 0.522 bits per heavy atom. The highest BCUT2D eigenvalue weighted by atomic mass is 16.3. The van der Waals surface area contributed by atoms with E-state index in [0.717, 1.165) is 38.5 Å². The molecule has 6 nitrogen and oxygen atoms in total. The summed E-state index contributed by atoms with van der Waals surface area (Å²) in [5, 5.41) is 43.3. The molecule has 4 atom stereocenters. The van der Waals surface area contributed by atoms with Crippen molar-refractivity contribution in [3.8, 4) is 0 Å². The van der Waals surface area contributed by atoms with Crippen molar-refractivity contribution in [2.24, 2.45) is 0 Å². The van der Waals surface area contributed by atoms with E-state index in [9.17, 15) is 25.2 Å². The predicted octanol–water partition coefficient (Wildman–Crippen LogP) is 9.85. The van der Waals surface area contributed by atoms with E-state index in [0.29, 0.717) is 12.8 Å². The van der Waals surface area contributed by atoms with Crippen LogP contribution in [0.1, 0.15) is 206 Å². The third-order valence-corrected chi connectivity index (χ3v) is 9.48. The fraction of sp³-hybridized carbons (Fsp3) is 0.925. The number of nitrogens with one attached hydrogen (secondary N) is 1. The standard InChI is InChI=1S/C40H79NO5/c1-3-5-7-9-11-13-14-15-16-17-18-19-20-21-22-23-24-26-28-30-32-34-38(44)40(46)41-36(35-42)39(45)37(43)33-31-29-27-25-12-10-8-6-4-2/h25,27,36-39,42-45H,3-24,26,28-35H2,1-2H3,(H,41,46)/b27-25+. The third kappa shape index (κ3) is 29.2. The fourth-order valence-corrected chi connectivity index (χ4v) is 6.23. The van der Waals surface area contributed by atoms with E-state index in [2.05, 4.69) is 31.3 Å². The Labute approximate surface area is 285 Å². The number of aliphatic hydroxyl groups is 4. The Kier molecular flexibility index (Phi) is 34.6. The van der Waals surface area contributed by atoms with Crippen molar-refractivity contribution in [3.63, 3.8) is 0 Å². The number of allylic oxidation sites excluding steroid dienone is 2. The second-order valence-corrected chi connectivity index (χ2v) is 14.0. The molecule has 0 aromatic rings. The number of rotatable bonds is 36. The Bertz CT molecular complexity index is 658. The summed E-state index contributed by atoms with van der Waals surface area (Å²) in [5.74, 6) is -0.593. The van der Waals surface area contributed by atoms with Crippen molar-refractivity contribution in [2.45, 2.75) is 231 Å². The van der Waals surface area contributed by atoms with Gasteiger partial charge < -0.3 is 25.7 Å². The number of amides is 1. The maximum Gasteiger partial charge on any atom is 0.249 e. The summed E-state index contributed by atoms with van der Waals surface area (Å²) in [6.45, 7) is 3.99. The van der Waals surface area contributed by atoms with Gasteiger partial charge in [0, 0.05) is 0 Å². The van der Waals surface area contributed by atoms with E-state index >= 15 is 0 Å². The number of hydrogen-bond acceptors (Lipinski definition) is 5. The average molecular weight is 654 g/mol. The van der Waals surface area contributed by atoms with Crippen molar-refractivity contribution < 1.29 is 25.2 Å².